The van der Waals surface area contributed by atoms with E-state index in [1.807, 2.05) is 18.7 Å². The van der Waals surface area contributed by atoms with Crippen molar-refractivity contribution in [2.45, 2.75) is 58.9 Å². The molecule has 146 valence electrons. The van der Waals surface area contributed by atoms with Gasteiger partial charge in [0.15, 0.2) is 5.96 Å². The van der Waals surface area contributed by atoms with Crippen molar-refractivity contribution in [3.63, 3.8) is 0 Å². The predicted molar refractivity (Wildman–Crippen MR) is 111 cm³/mol. The normalized spacial score (nSPS) is 16.8. The summed E-state index contributed by atoms with van der Waals surface area (Å²) in [5.74, 6) is 1.23. The van der Waals surface area contributed by atoms with Crippen LogP contribution in [-0.2, 0) is 10.2 Å². The molecule has 0 spiro atoms. The quantitative estimate of drug-likeness (QED) is 0.590. The minimum atomic E-state index is 0.0313. The third kappa shape index (κ3) is 5.73. The lowest BCUT2D eigenvalue weighted by molar-refractivity contribution is -0.135. The largest absolute Gasteiger partial charge is 0.357 e. The van der Waals surface area contributed by atoms with Crippen molar-refractivity contribution < 1.29 is 4.79 Å². The van der Waals surface area contributed by atoms with Gasteiger partial charge in [-0.25, -0.2) is 0 Å². The lowest BCUT2D eigenvalue weighted by atomic mass is 9.92. The molecule has 1 saturated heterocycles. The molecule has 2 rings (SSSR count). The minimum absolute atomic E-state index is 0.0313. The molecule has 1 aliphatic heterocycles. The molecule has 0 bridgehead atoms. The summed E-state index contributed by atoms with van der Waals surface area (Å²) in [4.78, 5) is 20.3. The summed E-state index contributed by atoms with van der Waals surface area (Å²) in [7, 11) is 0. The molecule has 1 amide bonds. The second kappa shape index (κ2) is 9.40. The molecule has 2 N–H and O–H groups in total. The molecule has 1 aliphatic rings. The van der Waals surface area contributed by atoms with Crippen molar-refractivity contribution >= 4 is 23.2 Å². The summed E-state index contributed by atoms with van der Waals surface area (Å²) in [6.45, 7) is 13.7. The number of carbonyl (C=O) groups is 1. The number of thiophene rings is 1. The molecule has 0 radical (unpaired) electrons. The monoisotopic (exact) mass is 378 g/mol. The molecule has 0 aromatic carbocycles. The number of likely N-dealkylation sites (tertiary alicyclic amines) is 1. The van der Waals surface area contributed by atoms with Crippen molar-refractivity contribution in [3.8, 4) is 0 Å². The summed E-state index contributed by atoms with van der Waals surface area (Å²) >= 11 is 1.79. The SMILES string of the molecule is CCNC(=NCC(C)(C)c1cccs1)NC1CCN(C(=O)C(C)C)CC1. The maximum absolute atomic E-state index is 12.1. The molecule has 5 nitrogen and oxygen atoms in total. The topological polar surface area (TPSA) is 56.7 Å². The molecule has 1 aromatic heterocycles. The van der Waals surface area contributed by atoms with Gasteiger partial charge in [0, 0.05) is 41.9 Å². The highest BCUT2D eigenvalue weighted by Crippen LogP contribution is 2.27. The van der Waals surface area contributed by atoms with E-state index in [0.717, 1.165) is 45.0 Å². The summed E-state index contributed by atoms with van der Waals surface area (Å²) in [5.41, 5.74) is 0.0313. The van der Waals surface area contributed by atoms with Crippen LogP contribution in [0.1, 0.15) is 52.3 Å². The van der Waals surface area contributed by atoms with Crippen LogP contribution in [0.15, 0.2) is 22.5 Å². The lowest BCUT2D eigenvalue weighted by Gasteiger charge is -2.34. The number of rotatable bonds is 6. The molecular weight excluding hydrogens is 344 g/mol. The Morgan fingerprint density at radius 3 is 2.62 bits per heavy atom. The van der Waals surface area contributed by atoms with Crippen LogP contribution < -0.4 is 10.6 Å². The Morgan fingerprint density at radius 1 is 1.38 bits per heavy atom. The molecule has 26 heavy (non-hydrogen) atoms. The van der Waals surface area contributed by atoms with E-state index in [0.29, 0.717) is 6.04 Å². The molecule has 1 aromatic rings. The number of guanidine groups is 1. The number of piperidine rings is 1. The Hall–Kier alpha value is -1.56. The molecule has 0 atom stereocenters. The van der Waals surface area contributed by atoms with Crippen molar-refractivity contribution in [2.24, 2.45) is 10.9 Å². The number of nitrogens with zero attached hydrogens (tertiary/aromatic N) is 2. The Bertz CT molecular complexity index is 587. The van der Waals surface area contributed by atoms with E-state index in [-0.39, 0.29) is 17.2 Å². The van der Waals surface area contributed by atoms with Gasteiger partial charge in [-0.1, -0.05) is 33.8 Å². The van der Waals surface area contributed by atoms with Crippen LogP contribution in [0.3, 0.4) is 0 Å². The van der Waals surface area contributed by atoms with Gasteiger partial charge >= 0.3 is 0 Å². The summed E-state index contributed by atoms with van der Waals surface area (Å²) < 4.78 is 0. The number of hydrogen-bond donors (Lipinski definition) is 2. The van der Waals surface area contributed by atoms with E-state index in [1.165, 1.54) is 4.88 Å². The average Bonchev–Trinajstić information content (AvgIpc) is 3.15. The Kier molecular flexibility index (Phi) is 7.50. The van der Waals surface area contributed by atoms with E-state index >= 15 is 0 Å². The third-order valence-electron chi connectivity index (χ3n) is 4.81. The standard InChI is InChI=1S/C20H34N4OS/c1-6-21-19(22-14-20(4,5)17-8-7-13-26-17)23-16-9-11-24(12-10-16)18(25)15(2)3/h7-8,13,15-16H,6,9-12,14H2,1-5H3,(H2,21,22,23). The van der Waals surface area contributed by atoms with Gasteiger partial charge in [0.05, 0.1) is 6.54 Å². The number of hydrogen-bond acceptors (Lipinski definition) is 3. The van der Waals surface area contributed by atoms with Gasteiger partial charge in [0.25, 0.3) is 0 Å². The van der Waals surface area contributed by atoms with Crippen molar-refractivity contribution in [1.82, 2.24) is 15.5 Å². The highest BCUT2D eigenvalue weighted by Gasteiger charge is 2.25. The Labute approximate surface area is 162 Å². The number of amides is 1. The minimum Gasteiger partial charge on any atom is -0.357 e. The second-order valence-electron chi connectivity index (χ2n) is 7.95. The summed E-state index contributed by atoms with van der Waals surface area (Å²) in [6.07, 6.45) is 1.94. The lowest BCUT2D eigenvalue weighted by Crippen LogP contribution is -2.50. The van der Waals surface area contributed by atoms with Crippen molar-refractivity contribution in [3.05, 3.63) is 22.4 Å². The van der Waals surface area contributed by atoms with Crippen LogP contribution in [0.25, 0.3) is 0 Å². The molecule has 0 aliphatic carbocycles. The Balaban J connectivity index is 1.91. The van der Waals surface area contributed by atoms with Gasteiger partial charge < -0.3 is 15.5 Å². The summed E-state index contributed by atoms with van der Waals surface area (Å²) in [5, 5.41) is 9.05. The highest BCUT2D eigenvalue weighted by molar-refractivity contribution is 7.10. The van der Waals surface area contributed by atoms with Crippen molar-refractivity contribution in [2.75, 3.05) is 26.2 Å². The van der Waals surface area contributed by atoms with Crippen LogP contribution in [-0.4, -0.2) is 49.0 Å². The third-order valence-corrected chi connectivity index (χ3v) is 6.04. The van der Waals surface area contributed by atoms with E-state index in [4.69, 9.17) is 4.99 Å². The van der Waals surface area contributed by atoms with Crippen LogP contribution in [0.5, 0.6) is 0 Å². The average molecular weight is 379 g/mol. The van der Waals surface area contributed by atoms with Gasteiger partial charge in [-0.3, -0.25) is 9.79 Å². The van der Waals surface area contributed by atoms with Crippen LogP contribution in [0.4, 0.5) is 0 Å². The van der Waals surface area contributed by atoms with Gasteiger partial charge in [-0.05, 0) is 31.2 Å². The first-order chi connectivity index (χ1) is 12.3. The number of nitrogens with one attached hydrogen (secondary N) is 2. The van der Waals surface area contributed by atoms with E-state index in [1.54, 1.807) is 11.3 Å². The van der Waals surface area contributed by atoms with Crippen LogP contribution in [0.2, 0.25) is 0 Å². The molecule has 0 saturated carbocycles. The molecular formula is C20H34N4OS. The zero-order chi connectivity index (χ0) is 19.2. The van der Waals surface area contributed by atoms with Gasteiger partial charge in [-0.2, -0.15) is 0 Å². The zero-order valence-electron chi connectivity index (χ0n) is 16.8. The highest BCUT2D eigenvalue weighted by atomic mass is 32.1. The fourth-order valence-electron chi connectivity index (χ4n) is 3.14. The molecule has 0 unspecified atom stereocenters. The van der Waals surface area contributed by atoms with Gasteiger partial charge in [0.1, 0.15) is 0 Å². The number of aliphatic imine (C=N–C) groups is 1. The first kappa shape index (κ1) is 20.7. The predicted octanol–water partition coefficient (Wildman–Crippen LogP) is 3.23. The second-order valence-corrected chi connectivity index (χ2v) is 8.90. The fourth-order valence-corrected chi connectivity index (χ4v) is 3.99. The van der Waals surface area contributed by atoms with Crippen molar-refractivity contribution in [1.29, 1.82) is 0 Å². The van der Waals surface area contributed by atoms with Crippen LogP contribution in [0, 0.1) is 5.92 Å². The fraction of sp³-hybridized carbons (Fsp3) is 0.700. The molecule has 1 fully saturated rings. The Morgan fingerprint density at radius 2 is 2.08 bits per heavy atom. The van der Waals surface area contributed by atoms with E-state index < -0.39 is 0 Å². The van der Waals surface area contributed by atoms with Crippen LogP contribution >= 0.6 is 11.3 Å². The first-order valence-corrected chi connectivity index (χ1v) is 10.6. The number of carbonyl (C=O) groups excluding carboxylic acids is 1. The van der Waals surface area contributed by atoms with E-state index in [2.05, 4.69) is 48.9 Å². The molecule has 2 heterocycles. The molecule has 6 heteroatoms. The van der Waals surface area contributed by atoms with Gasteiger partial charge in [0.2, 0.25) is 5.91 Å². The smallest absolute Gasteiger partial charge is 0.225 e. The van der Waals surface area contributed by atoms with E-state index in [9.17, 15) is 4.79 Å². The van der Waals surface area contributed by atoms with Gasteiger partial charge in [-0.15, -0.1) is 11.3 Å². The first-order valence-electron chi connectivity index (χ1n) is 9.71. The summed E-state index contributed by atoms with van der Waals surface area (Å²) in [6, 6.07) is 4.65. The maximum atomic E-state index is 12.1. The maximum Gasteiger partial charge on any atom is 0.225 e. The zero-order valence-corrected chi connectivity index (χ0v) is 17.7.